The van der Waals surface area contributed by atoms with Gasteiger partial charge < -0.3 is 5.32 Å². The Morgan fingerprint density at radius 1 is 1.00 bits per heavy atom. The molecule has 0 aliphatic heterocycles. The third-order valence-corrected chi connectivity index (χ3v) is 3.23. The zero-order valence-electron chi connectivity index (χ0n) is 12.0. The molecule has 1 N–H and O–H groups in total. The highest BCUT2D eigenvalue weighted by atomic mass is 19.1. The maximum atomic E-state index is 14.0. The highest BCUT2D eigenvalue weighted by molar-refractivity contribution is 5.68. The molecule has 0 atom stereocenters. The van der Waals surface area contributed by atoms with Crippen molar-refractivity contribution in [3.05, 3.63) is 59.2 Å². The molecule has 1 nitrogen and oxygen atoms in total. The summed E-state index contributed by atoms with van der Waals surface area (Å²) in [6, 6.07) is 9.78. The quantitative estimate of drug-likeness (QED) is 0.870. The normalized spacial score (nSPS) is 11.1. The van der Waals surface area contributed by atoms with Crippen LogP contribution in [0.25, 0.3) is 11.1 Å². The molecule has 0 amide bonds. The fraction of sp³-hybridized carbons (Fsp3) is 0.294. The lowest BCUT2D eigenvalue weighted by Crippen LogP contribution is -2.21. The maximum Gasteiger partial charge on any atom is 0.131 e. The summed E-state index contributed by atoms with van der Waals surface area (Å²) in [4.78, 5) is 0. The van der Waals surface area contributed by atoms with Crippen molar-refractivity contribution in [2.75, 3.05) is 0 Å². The van der Waals surface area contributed by atoms with Crippen LogP contribution in [0.5, 0.6) is 0 Å². The van der Waals surface area contributed by atoms with Gasteiger partial charge in [-0.05, 0) is 47.9 Å². The summed E-state index contributed by atoms with van der Waals surface area (Å²) in [6.45, 7) is 6.63. The minimum atomic E-state index is -0.351. The summed E-state index contributed by atoms with van der Waals surface area (Å²) in [7, 11) is 0. The number of aryl methyl sites for hydroxylation is 1. The van der Waals surface area contributed by atoms with Gasteiger partial charge in [-0.3, -0.25) is 0 Å². The maximum absolute atomic E-state index is 14.0. The molecule has 2 rings (SSSR count). The smallest absolute Gasteiger partial charge is 0.131 e. The SMILES string of the molecule is Cc1ccc(F)cc1-c1cc(CNC(C)C)ccc1F. The second-order valence-corrected chi connectivity index (χ2v) is 5.31. The number of benzene rings is 2. The predicted molar refractivity (Wildman–Crippen MR) is 78.5 cm³/mol. The van der Waals surface area contributed by atoms with Crippen molar-refractivity contribution in [1.29, 1.82) is 0 Å². The molecule has 0 radical (unpaired) electrons. The zero-order valence-corrected chi connectivity index (χ0v) is 12.0. The molecule has 2 aromatic carbocycles. The molecule has 0 spiro atoms. The van der Waals surface area contributed by atoms with Crippen LogP contribution in [-0.4, -0.2) is 6.04 Å². The van der Waals surface area contributed by atoms with E-state index in [1.807, 2.05) is 6.92 Å². The van der Waals surface area contributed by atoms with Crippen LogP contribution < -0.4 is 5.32 Å². The Bertz CT molecular complexity index is 606. The van der Waals surface area contributed by atoms with Gasteiger partial charge in [0.15, 0.2) is 0 Å². The summed E-state index contributed by atoms with van der Waals surface area (Å²) in [5.74, 6) is -0.678. The van der Waals surface area contributed by atoms with Crippen LogP contribution in [0.1, 0.15) is 25.0 Å². The molecule has 20 heavy (non-hydrogen) atoms. The summed E-state index contributed by atoms with van der Waals surface area (Å²) in [5, 5.41) is 3.29. The minimum Gasteiger partial charge on any atom is -0.310 e. The number of hydrogen-bond donors (Lipinski definition) is 1. The Labute approximate surface area is 118 Å². The van der Waals surface area contributed by atoms with E-state index in [1.165, 1.54) is 18.2 Å². The molecular formula is C17H19F2N. The van der Waals surface area contributed by atoms with Gasteiger partial charge >= 0.3 is 0 Å². The molecule has 3 heteroatoms. The largest absolute Gasteiger partial charge is 0.310 e. The average molecular weight is 275 g/mol. The first-order valence-corrected chi connectivity index (χ1v) is 6.75. The fourth-order valence-corrected chi connectivity index (χ4v) is 2.10. The third-order valence-electron chi connectivity index (χ3n) is 3.23. The van der Waals surface area contributed by atoms with E-state index in [-0.39, 0.29) is 11.6 Å². The molecule has 0 aromatic heterocycles. The Hall–Kier alpha value is -1.74. The topological polar surface area (TPSA) is 12.0 Å². The lowest BCUT2D eigenvalue weighted by Gasteiger charge is -2.12. The van der Waals surface area contributed by atoms with E-state index in [1.54, 1.807) is 18.2 Å². The third kappa shape index (κ3) is 3.42. The Balaban J connectivity index is 2.40. The molecule has 0 saturated heterocycles. The fourth-order valence-electron chi connectivity index (χ4n) is 2.10. The van der Waals surface area contributed by atoms with E-state index in [0.29, 0.717) is 23.7 Å². The van der Waals surface area contributed by atoms with E-state index in [4.69, 9.17) is 0 Å². The van der Waals surface area contributed by atoms with Gasteiger partial charge in [-0.2, -0.15) is 0 Å². The van der Waals surface area contributed by atoms with Crippen LogP contribution in [0.4, 0.5) is 8.78 Å². The number of rotatable bonds is 4. The van der Waals surface area contributed by atoms with E-state index in [9.17, 15) is 8.78 Å². The molecule has 0 fully saturated rings. The minimum absolute atomic E-state index is 0.327. The first kappa shape index (κ1) is 14.7. The lowest BCUT2D eigenvalue weighted by atomic mass is 9.98. The zero-order chi connectivity index (χ0) is 14.7. The molecule has 0 bridgehead atoms. The van der Waals surface area contributed by atoms with E-state index < -0.39 is 0 Å². The van der Waals surface area contributed by atoms with Crippen LogP contribution in [0.2, 0.25) is 0 Å². The number of nitrogens with one attached hydrogen (secondary N) is 1. The van der Waals surface area contributed by atoms with Gasteiger partial charge in [0, 0.05) is 18.2 Å². The first-order valence-electron chi connectivity index (χ1n) is 6.75. The Kier molecular flexibility index (Phi) is 4.50. The first-order chi connectivity index (χ1) is 9.47. The average Bonchev–Trinajstić information content (AvgIpc) is 2.41. The molecule has 0 heterocycles. The van der Waals surface area contributed by atoms with Crippen LogP contribution >= 0.6 is 0 Å². The Morgan fingerprint density at radius 3 is 2.45 bits per heavy atom. The van der Waals surface area contributed by atoms with Crippen LogP contribution in [0.15, 0.2) is 36.4 Å². The standard InChI is InChI=1S/C17H19F2N/c1-11(2)20-10-13-5-7-17(19)16(8-13)15-9-14(18)6-4-12(15)3/h4-9,11,20H,10H2,1-3H3. The molecule has 106 valence electrons. The summed E-state index contributed by atoms with van der Waals surface area (Å²) in [6.07, 6.45) is 0. The van der Waals surface area contributed by atoms with Gasteiger partial charge in [0.1, 0.15) is 11.6 Å². The predicted octanol–water partition coefficient (Wildman–Crippen LogP) is 4.44. The number of hydrogen-bond acceptors (Lipinski definition) is 1. The van der Waals surface area contributed by atoms with Crippen molar-refractivity contribution in [2.45, 2.75) is 33.4 Å². The molecule has 0 saturated carbocycles. The van der Waals surface area contributed by atoms with Crippen molar-refractivity contribution < 1.29 is 8.78 Å². The summed E-state index contributed by atoms with van der Waals surface area (Å²) in [5.41, 5.74) is 2.90. The van der Waals surface area contributed by atoms with Crippen molar-refractivity contribution in [2.24, 2.45) is 0 Å². The van der Waals surface area contributed by atoms with Gasteiger partial charge in [-0.25, -0.2) is 8.78 Å². The van der Waals surface area contributed by atoms with E-state index in [2.05, 4.69) is 19.2 Å². The molecular weight excluding hydrogens is 256 g/mol. The van der Waals surface area contributed by atoms with Gasteiger partial charge in [0.05, 0.1) is 0 Å². The summed E-state index contributed by atoms with van der Waals surface area (Å²) < 4.78 is 27.4. The second kappa shape index (κ2) is 6.14. The van der Waals surface area contributed by atoms with Crippen molar-refractivity contribution in [3.8, 4) is 11.1 Å². The van der Waals surface area contributed by atoms with Crippen molar-refractivity contribution in [1.82, 2.24) is 5.32 Å². The van der Waals surface area contributed by atoms with Crippen molar-refractivity contribution in [3.63, 3.8) is 0 Å². The lowest BCUT2D eigenvalue weighted by molar-refractivity contribution is 0.586. The van der Waals surface area contributed by atoms with Gasteiger partial charge in [0.2, 0.25) is 0 Å². The molecule has 0 aliphatic rings. The van der Waals surface area contributed by atoms with Crippen LogP contribution in [0.3, 0.4) is 0 Å². The molecule has 0 unspecified atom stereocenters. The van der Waals surface area contributed by atoms with E-state index in [0.717, 1.165) is 11.1 Å². The van der Waals surface area contributed by atoms with Gasteiger partial charge in [0.25, 0.3) is 0 Å². The van der Waals surface area contributed by atoms with E-state index >= 15 is 0 Å². The van der Waals surface area contributed by atoms with Gasteiger partial charge in [-0.1, -0.05) is 26.0 Å². The summed E-state index contributed by atoms with van der Waals surface area (Å²) >= 11 is 0. The highest BCUT2D eigenvalue weighted by Crippen LogP contribution is 2.27. The molecule has 0 aliphatic carbocycles. The van der Waals surface area contributed by atoms with Crippen LogP contribution in [-0.2, 0) is 6.54 Å². The van der Waals surface area contributed by atoms with Crippen molar-refractivity contribution >= 4 is 0 Å². The second-order valence-electron chi connectivity index (χ2n) is 5.31. The monoisotopic (exact) mass is 275 g/mol. The van der Waals surface area contributed by atoms with Gasteiger partial charge in [-0.15, -0.1) is 0 Å². The molecule has 2 aromatic rings. The highest BCUT2D eigenvalue weighted by Gasteiger charge is 2.10. The Morgan fingerprint density at radius 2 is 1.75 bits per heavy atom. The van der Waals surface area contributed by atoms with Crippen LogP contribution in [0, 0.1) is 18.6 Å². The number of halogens is 2.